The number of hydrogen-bond acceptors (Lipinski definition) is 7. The van der Waals surface area contributed by atoms with Crippen molar-refractivity contribution in [1.82, 2.24) is 15.0 Å². The number of rotatable bonds is 8. The first kappa shape index (κ1) is 16.3. The van der Waals surface area contributed by atoms with Gasteiger partial charge in [0.1, 0.15) is 6.61 Å². The molecule has 1 rings (SSSR count). The molecule has 0 saturated carbocycles. The van der Waals surface area contributed by atoms with Gasteiger partial charge in [-0.15, -0.1) is 0 Å². The van der Waals surface area contributed by atoms with Crippen LogP contribution in [0.1, 0.15) is 13.8 Å². The summed E-state index contributed by atoms with van der Waals surface area (Å²) in [5.74, 6) is -2.48. The van der Waals surface area contributed by atoms with Gasteiger partial charge >= 0.3 is 0 Å². The first-order valence-electron chi connectivity index (χ1n) is 6.37. The van der Waals surface area contributed by atoms with Gasteiger partial charge in [0.05, 0.1) is 6.54 Å². The molecule has 20 heavy (non-hydrogen) atoms. The normalized spacial score (nSPS) is 11.3. The van der Waals surface area contributed by atoms with E-state index in [1.807, 2.05) is 18.7 Å². The van der Waals surface area contributed by atoms with Crippen molar-refractivity contribution < 1.29 is 13.9 Å². The number of alkyl halides is 2. The molecule has 1 aromatic heterocycles. The molecule has 0 fully saturated rings. The summed E-state index contributed by atoms with van der Waals surface area (Å²) in [4.78, 5) is 14.1. The molecule has 0 amide bonds. The Kier molecular flexibility index (Phi) is 5.81. The van der Waals surface area contributed by atoms with E-state index in [0.717, 1.165) is 0 Å². The Morgan fingerprint density at radius 3 is 2.25 bits per heavy atom. The van der Waals surface area contributed by atoms with E-state index in [1.54, 1.807) is 7.05 Å². The number of halogens is 2. The van der Waals surface area contributed by atoms with Gasteiger partial charge in [-0.05, 0) is 13.8 Å². The first-order chi connectivity index (χ1) is 9.45. The minimum atomic E-state index is -3.22. The first-order valence-corrected chi connectivity index (χ1v) is 6.37. The van der Waals surface area contributed by atoms with Crippen LogP contribution in [0.2, 0.25) is 0 Å². The van der Waals surface area contributed by atoms with Crippen molar-refractivity contribution in [1.29, 1.82) is 0 Å². The van der Waals surface area contributed by atoms with Gasteiger partial charge in [-0.3, -0.25) is 0 Å². The molecule has 0 aliphatic carbocycles. The summed E-state index contributed by atoms with van der Waals surface area (Å²) in [5.41, 5.74) is 0. The molecule has 0 unspecified atom stereocenters. The van der Waals surface area contributed by atoms with Crippen LogP contribution in [-0.4, -0.2) is 59.3 Å². The van der Waals surface area contributed by atoms with Gasteiger partial charge in [0, 0.05) is 20.1 Å². The van der Waals surface area contributed by atoms with Crippen molar-refractivity contribution >= 4 is 17.8 Å². The van der Waals surface area contributed by atoms with Crippen molar-refractivity contribution in [2.24, 2.45) is 0 Å². The zero-order valence-electron chi connectivity index (χ0n) is 11.8. The number of nitrogens with zero attached hydrogens (tertiary/aromatic N) is 4. The zero-order valence-corrected chi connectivity index (χ0v) is 11.8. The largest absolute Gasteiger partial charge is 0.390 e. The molecule has 1 aromatic rings. The van der Waals surface area contributed by atoms with Gasteiger partial charge in [0.15, 0.2) is 0 Å². The van der Waals surface area contributed by atoms with Crippen LogP contribution < -0.4 is 15.5 Å². The minimum Gasteiger partial charge on any atom is -0.390 e. The zero-order chi connectivity index (χ0) is 15.2. The third kappa shape index (κ3) is 4.41. The van der Waals surface area contributed by atoms with Crippen LogP contribution in [0.5, 0.6) is 0 Å². The lowest BCUT2D eigenvalue weighted by molar-refractivity contribution is -0.0374. The number of aliphatic hydroxyl groups excluding tert-OH is 1. The minimum absolute atomic E-state index is 0.0411. The monoisotopic (exact) mass is 290 g/mol. The molecular weight excluding hydrogens is 270 g/mol. The molecule has 0 atom stereocenters. The van der Waals surface area contributed by atoms with E-state index < -0.39 is 19.1 Å². The topological polar surface area (TPSA) is 86.2 Å². The highest BCUT2D eigenvalue weighted by atomic mass is 19.3. The second kappa shape index (κ2) is 7.13. The predicted octanol–water partition coefficient (Wildman–Crippen LogP) is 0.799. The molecular formula is C11H20F2N6O. The molecule has 0 saturated heterocycles. The lowest BCUT2D eigenvalue weighted by Gasteiger charge is -2.20. The maximum Gasteiger partial charge on any atom is 0.287 e. The van der Waals surface area contributed by atoms with Crippen LogP contribution in [0.3, 0.4) is 0 Å². The summed E-state index contributed by atoms with van der Waals surface area (Å²) < 4.78 is 26.0. The van der Waals surface area contributed by atoms with Crippen molar-refractivity contribution in [3.8, 4) is 0 Å². The van der Waals surface area contributed by atoms with E-state index in [0.29, 0.717) is 19.0 Å². The van der Waals surface area contributed by atoms with Crippen LogP contribution in [0.15, 0.2) is 0 Å². The molecule has 0 aliphatic heterocycles. The van der Waals surface area contributed by atoms with Crippen molar-refractivity contribution in [2.75, 3.05) is 48.8 Å². The summed E-state index contributed by atoms with van der Waals surface area (Å²) in [6, 6.07) is 0. The number of aromatic nitrogens is 3. The van der Waals surface area contributed by atoms with Gasteiger partial charge in [-0.2, -0.15) is 15.0 Å². The Hall–Kier alpha value is -1.77. The molecule has 7 nitrogen and oxygen atoms in total. The van der Waals surface area contributed by atoms with E-state index in [4.69, 9.17) is 5.11 Å². The molecule has 1 heterocycles. The lowest BCUT2D eigenvalue weighted by atomic mass is 10.3. The molecule has 0 spiro atoms. The van der Waals surface area contributed by atoms with E-state index in [2.05, 4.69) is 25.6 Å². The average molecular weight is 290 g/mol. The van der Waals surface area contributed by atoms with E-state index >= 15 is 0 Å². The SMILES string of the molecule is CCN(CC)c1nc(NC)nc(NCC(F)(F)CO)n1. The second-order valence-corrected chi connectivity index (χ2v) is 4.07. The molecule has 3 N–H and O–H groups in total. The van der Waals surface area contributed by atoms with E-state index in [1.165, 1.54) is 0 Å². The Morgan fingerprint density at radius 2 is 1.75 bits per heavy atom. The number of aliphatic hydroxyl groups is 1. The van der Waals surface area contributed by atoms with Gasteiger partial charge in [-0.25, -0.2) is 8.78 Å². The van der Waals surface area contributed by atoms with E-state index in [9.17, 15) is 8.78 Å². The van der Waals surface area contributed by atoms with Crippen molar-refractivity contribution in [2.45, 2.75) is 19.8 Å². The highest BCUT2D eigenvalue weighted by Crippen LogP contribution is 2.16. The molecule has 114 valence electrons. The van der Waals surface area contributed by atoms with E-state index in [-0.39, 0.29) is 11.9 Å². The van der Waals surface area contributed by atoms with Crippen LogP contribution in [-0.2, 0) is 0 Å². The van der Waals surface area contributed by atoms with Crippen LogP contribution in [0, 0.1) is 0 Å². The molecule has 9 heteroatoms. The molecule has 0 bridgehead atoms. The molecule has 0 radical (unpaired) electrons. The average Bonchev–Trinajstić information content (AvgIpc) is 2.46. The summed E-state index contributed by atoms with van der Waals surface area (Å²) in [6.45, 7) is 3.30. The number of nitrogens with one attached hydrogen (secondary N) is 2. The number of hydrogen-bond donors (Lipinski definition) is 3. The highest BCUT2D eigenvalue weighted by Gasteiger charge is 2.27. The van der Waals surface area contributed by atoms with Crippen LogP contribution in [0.4, 0.5) is 26.6 Å². The van der Waals surface area contributed by atoms with Gasteiger partial charge < -0.3 is 20.6 Å². The predicted molar refractivity (Wildman–Crippen MR) is 73.5 cm³/mol. The smallest absolute Gasteiger partial charge is 0.287 e. The Morgan fingerprint density at radius 1 is 1.15 bits per heavy atom. The summed E-state index contributed by atoms with van der Waals surface area (Å²) in [7, 11) is 1.63. The third-order valence-corrected chi connectivity index (χ3v) is 2.63. The number of anilines is 3. The summed E-state index contributed by atoms with van der Waals surface area (Å²) in [5, 5.41) is 13.7. The quantitative estimate of drug-likeness (QED) is 0.653. The molecule has 0 aromatic carbocycles. The fourth-order valence-electron chi connectivity index (χ4n) is 1.47. The summed E-state index contributed by atoms with van der Waals surface area (Å²) >= 11 is 0. The Bertz CT molecular complexity index is 427. The maximum absolute atomic E-state index is 13.0. The standard InChI is InChI=1S/C11H20F2N6O/c1-4-19(5-2)10-17-8(14-3)16-9(18-10)15-6-11(12,13)7-20/h20H,4-7H2,1-3H3,(H2,14,15,16,17,18). The molecule has 0 aliphatic rings. The Balaban J connectivity index is 2.93. The Labute approximate surface area is 116 Å². The second-order valence-electron chi connectivity index (χ2n) is 4.07. The lowest BCUT2D eigenvalue weighted by Crippen LogP contribution is -2.32. The fraction of sp³-hybridized carbons (Fsp3) is 0.727. The summed E-state index contributed by atoms with van der Waals surface area (Å²) in [6.07, 6.45) is 0. The highest BCUT2D eigenvalue weighted by molar-refractivity contribution is 5.43. The van der Waals surface area contributed by atoms with Crippen LogP contribution >= 0.6 is 0 Å². The third-order valence-electron chi connectivity index (χ3n) is 2.63. The van der Waals surface area contributed by atoms with Crippen molar-refractivity contribution in [3.63, 3.8) is 0 Å². The fourth-order valence-corrected chi connectivity index (χ4v) is 1.47. The van der Waals surface area contributed by atoms with Crippen LogP contribution in [0.25, 0.3) is 0 Å². The van der Waals surface area contributed by atoms with Gasteiger partial charge in [-0.1, -0.05) is 0 Å². The maximum atomic E-state index is 13.0. The van der Waals surface area contributed by atoms with Gasteiger partial charge in [0.2, 0.25) is 17.8 Å². The van der Waals surface area contributed by atoms with Gasteiger partial charge in [0.25, 0.3) is 5.92 Å². The van der Waals surface area contributed by atoms with Crippen molar-refractivity contribution in [3.05, 3.63) is 0 Å².